The molecule has 0 aromatic heterocycles. The molecule has 1 aliphatic heterocycles. The minimum atomic E-state index is -3.43. The molecule has 0 N–H and O–H groups in total. The van der Waals surface area contributed by atoms with Crippen molar-refractivity contribution in [1.82, 2.24) is 4.31 Å². The van der Waals surface area contributed by atoms with Crippen molar-refractivity contribution in [1.29, 1.82) is 0 Å². The summed E-state index contributed by atoms with van der Waals surface area (Å²) < 4.78 is 32.3. The van der Waals surface area contributed by atoms with Crippen LogP contribution in [0.1, 0.15) is 11.1 Å². The topological polar surface area (TPSA) is 46.6 Å². The molecule has 1 fully saturated rings. The molecule has 3 rings (SSSR count). The van der Waals surface area contributed by atoms with Crippen LogP contribution in [0, 0.1) is 0 Å². The molecule has 0 unspecified atom stereocenters. The van der Waals surface area contributed by atoms with Gasteiger partial charge >= 0.3 is 0 Å². The summed E-state index contributed by atoms with van der Waals surface area (Å²) in [5.41, 5.74) is 2.31. The van der Waals surface area contributed by atoms with Crippen LogP contribution in [-0.4, -0.2) is 45.3 Å². The predicted molar refractivity (Wildman–Crippen MR) is 109 cm³/mol. The van der Waals surface area contributed by atoms with Crippen LogP contribution >= 0.6 is 23.5 Å². The lowest BCUT2D eigenvalue weighted by atomic mass is 10.2. The lowest BCUT2D eigenvalue weighted by Crippen LogP contribution is -2.40. The highest BCUT2D eigenvalue weighted by Gasteiger charge is 2.26. The van der Waals surface area contributed by atoms with Crippen LogP contribution < -0.4 is 0 Å². The van der Waals surface area contributed by atoms with Crippen LogP contribution in [-0.2, 0) is 26.3 Å². The van der Waals surface area contributed by atoms with Gasteiger partial charge in [0.05, 0.1) is 18.1 Å². The van der Waals surface area contributed by atoms with Crippen LogP contribution in [0.3, 0.4) is 0 Å². The number of rotatable bonds is 7. The number of morpholine rings is 1. The summed E-state index contributed by atoms with van der Waals surface area (Å²) >= 11 is 3.53. The van der Waals surface area contributed by atoms with Gasteiger partial charge in [-0.05, 0) is 41.6 Å². The number of thioether (sulfide) groups is 2. The van der Waals surface area contributed by atoms with Crippen molar-refractivity contribution in [3.05, 3.63) is 59.7 Å². The molecule has 0 radical (unpaired) electrons. The van der Waals surface area contributed by atoms with E-state index in [2.05, 4.69) is 30.5 Å². The first-order valence-corrected chi connectivity index (χ1v) is 12.3. The maximum Gasteiger partial charge on any atom is 0.243 e. The third-order valence-electron chi connectivity index (χ3n) is 4.20. The van der Waals surface area contributed by atoms with Crippen molar-refractivity contribution in [2.75, 3.05) is 32.6 Å². The summed E-state index contributed by atoms with van der Waals surface area (Å²) in [5.74, 6) is 1.70. The van der Waals surface area contributed by atoms with E-state index in [0.717, 1.165) is 17.1 Å². The molecule has 140 valence electrons. The molecule has 4 nitrogen and oxygen atoms in total. The summed E-state index contributed by atoms with van der Waals surface area (Å²) in [6.45, 7) is 1.77. The lowest BCUT2D eigenvalue weighted by Gasteiger charge is -2.26. The van der Waals surface area contributed by atoms with Gasteiger partial charge in [0.15, 0.2) is 0 Å². The Kier molecular flexibility index (Phi) is 7.05. The largest absolute Gasteiger partial charge is 0.379 e. The number of benzene rings is 2. The Labute approximate surface area is 164 Å². The number of hydrogen-bond acceptors (Lipinski definition) is 5. The Morgan fingerprint density at radius 3 is 2.38 bits per heavy atom. The van der Waals surface area contributed by atoms with Crippen LogP contribution in [0.25, 0.3) is 0 Å². The van der Waals surface area contributed by atoms with E-state index < -0.39 is 10.0 Å². The quantitative estimate of drug-likeness (QED) is 0.650. The molecular weight excluding hydrogens is 386 g/mol. The fraction of sp³-hybridized carbons (Fsp3) is 0.368. The smallest absolute Gasteiger partial charge is 0.243 e. The Bertz CT molecular complexity index is 816. The minimum Gasteiger partial charge on any atom is -0.379 e. The maximum atomic E-state index is 12.8. The van der Waals surface area contributed by atoms with E-state index in [1.807, 2.05) is 12.1 Å². The fourth-order valence-corrected chi connectivity index (χ4v) is 5.57. The van der Waals surface area contributed by atoms with E-state index in [-0.39, 0.29) is 0 Å². The van der Waals surface area contributed by atoms with E-state index in [9.17, 15) is 8.42 Å². The molecule has 1 saturated heterocycles. The molecule has 0 aliphatic carbocycles. The molecule has 0 saturated carbocycles. The Morgan fingerprint density at radius 2 is 1.69 bits per heavy atom. The van der Waals surface area contributed by atoms with Gasteiger partial charge in [-0.1, -0.05) is 24.3 Å². The van der Waals surface area contributed by atoms with Crippen molar-refractivity contribution in [3.8, 4) is 0 Å². The van der Waals surface area contributed by atoms with Gasteiger partial charge in [-0.3, -0.25) is 0 Å². The average Bonchev–Trinajstić information content (AvgIpc) is 2.69. The Balaban J connectivity index is 1.61. The minimum absolute atomic E-state index is 0.377. The molecule has 0 atom stereocenters. The van der Waals surface area contributed by atoms with Crippen molar-refractivity contribution >= 4 is 33.5 Å². The zero-order valence-electron chi connectivity index (χ0n) is 14.8. The average molecular weight is 410 g/mol. The molecule has 1 aliphatic rings. The highest BCUT2D eigenvalue weighted by atomic mass is 32.2. The zero-order chi connectivity index (χ0) is 18.4. The van der Waals surface area contributed by atoms with Crippen LogP contribution in [0.2, 0.25) is 0 Å². The molecule has 7 heteroatoms. The summed E-state index contributed by atoms with van der Waals surface area (Å²) in [6, 6.07) is 15.9. The van der Waals surface area contributed by atoms with Crippen molar-refractivity contribution in [3.63, 3.8) is 0 Å². The summed E-state index contributed by atoms with van der Waals surface area (Å²) in [5, 5.41) is 0. The first kappa shape index (κ1) is 19.8. The first-order chi connectivity index (χ1) is 12.6. The highest BCUT2D eigenvalue weighted by molar-refractivity contribution is 7.98. The highest BCUT2D eigenvalue weighted by Crippen LogP contribution is 2.23. The summed E-state index contributed by atoms with van der Waals surface area (Å²) in [4.78, 5) is 1.64. The molecule has 26 heavy (non-hydrogen) atoms. The van der Waals surface area contributed by atoms with Gasteiger partial charge in [0.1, 0.15) is 0 Å². The SMILES string of the molecule is CSc1ccc(CSCc2cccc(S(=O)(=O)N3CCOCC3)c2)cc1. The number of ether oxygens (including phenoxy) is 1. The van der Waals surface area contributed by atoms with Crippen LogP contribution in [0.15, 0.2) is 58.3 Å². The molecular formula is C19H23NO3S3. The van der Waals surface area contributed by atoms with Gasteiger partial charge in [0.2, 0.25) is 10.0 Å². The standard InChI is InChI=1S/C19H23NO3S3/c1-24-18-7-5-16(6-8-18)14-25-15-17-3-2-4-19(13-17)26(21,22)20-9-11-23-12-10-20/h2-8,13H,9-12,14-15H2,1H3. The number of hydrogen-bond donors (Lipinski definition) is 0. The summed E-state index contributed by atoms with van der Waals surface area (Å²) in [6.07, 6.45) is 2.07. The zero-order valence-corrected chi connectivity index (χ0v) is 17.2. The first-order valence-electron chi connectivity index (χ1n) is 8.47. The predicted octanol–water partition coefficient (Wildman–Crippen LogP) is 3.86. The second-order valence-corrected chi connectivity index (χ2v) is 9.81. The maximum absolute atomic E-state index is 12.8. The molecule has 0 bridgehead atoms. The Hall–Kier alpha value is -0.990. The van der Waals surface area contributed by atoms with E-state index in [1.165, 1.54) is 14.8 Å². The third kappa shape index (κ3) is 5.04. The van der Waals surface area contributed by atoms with E-state index >= 15 is 0 Å². The van der Waals surface area contributed by atoms with Gasteiger partial charge in [-0.15, -0.1) is 11.8 Å². The normalized spacial score (nSPS) is 15.9. The van der Waals surface area contributed by atoms with Crippen LogP contribution in [0.4, 0.5) is 0 Å². The van der Waals surface area contributed by atoms with Gasteiger partial charge in [-0.25, -0.2) is 8.42 Å². The second kappa shape index (κ2) is 9.28. The Morgan fingerprint density at radius 1 is 1.00 bits per heavy atom. The monoisotopic (exact) mass is 409 g/mol. The van der Waals surface area contributed by atoms with Crippen molar-refractivity contribution in [2.24, 2.45) is 0 Å². The van der Waals surface area contributed by atoms with Crippen molar-refractivity contribution < 1.29 is 13.2 Å². The third-order valence-corrected chi connectivity index (χ3v) is 7.92. The fourth-order valence-electron chi connectivity index (χ4n) is 2.74. The second-order valence-electron chi connectivity index (χ2n) is 6.00. The molecule has 2 aromatic rings. The molecule has 1 heterocycles. The van der Waals surface area contributed by atoms with Crippen molar-refractivity contribution in [2.45, 2.75) is 21.3 Å². The molecule has 2 aromatic carbocycles. The van der Waals surface area contributed by atoms with Crippen LogP contribution in [0.5, 0.6) is 0 Å². The lowest BCUT2D eigenvalue weighted by molar-refractivity contribution is 0.0730. The van der Waals surface area contributed by atoms with E-state index in [0.29, 0.717) is 31.2 Å². The molecule has 0 spiro atoms. The van der Waals surface area contributed by atoms with Gasteiger partial charge in [-0.2, -0.15) is 16.1 Å². The van der Waals surface area contributed by atoms with E-state index in [4.69, 9.17) is 4.74 Å². The molecule has 0 amide bonds. The van der Waals surface area contributed by atoms with Gasteiger partial charge in [0, 0.05) is 29.5 Å². The number of sulfonamides is 1. The number of nitrogens with zero attached hydrogens (tertiary/aromatic N) is 1. The van der Waals surface area contributed by atoms with Gasteiger partial charge in [0.25, 0.3) is 0 Å². The summed E-state index contributed by atoms with van der Waals surface area (Å²) in [7, 11) is -3.43. The van der Waals surface area contributed by atoms with Gasteiger partial charge < -0.3 is 4.74 Å². The van der Waals surface area contributed by atoms with E-state index in [1.54, 1.807) is 35.7 Å².